The van der Waals surface area contributed by atoms with E-state index in [1.165, 1.54) is 6.33 Å². The van der Waals surface area contributed by atoms with Crippen molar-refractivity contribution in [2.24, 2.45) is 5.92 Å². The monoisotopic (exact) mass is 261 g/mol. The van der Waals surface area contributed by atoms with Crippen LogP contribution in [0, 0.1) is 12.8 Å². The summed E-state index contributed by atoms with van der Waals surface area (Å²) in [6.07, 6.45) is 3.68. The van der Waals surface area contributed by atoms with E-state index in [4.69, 9.17) is 5.11 Å². The Hall–Kier alpha value is -2.18. The van der Waals surface area contributed by atoms with Crippen LogP contribution in [0.5, 0.6) is 0 Å². The molecule has 7 heteroatoms. The van der Waals surface area contributed by atoms with Crippen molar-refractivity contribution < 1.29 is 9.90 Å². The van der Waals surface area contributed by atoms with E-state index in [-0.39, 0.29) is 12.0 Å². The van der Waals surface area contributed by atoms with Crippen molar-refractivity contribution in [3.63, 3.8) is 0 Å². The molecule has 7 nitrogen and oxygen atoms in total. The van der Waals surface area contributed by atoms with Crippen LogP contribution in [0.4, 0.5) is 5.82 Å². The zero-order chi connectivity index (χ0) is 13.4. The number of carboxylic acids is 1. The summed E-state index contributed by atoms with van der Waals surface area (Å²) >= 11 is 0. The van der Waals surface area contributed by atoms with Crippen LogP contribution >= 0.6 is 0 Å². The molecule has 0 bridgehead atoms. The molecule has 0 spiro atoms. The Morgan fingerprint density at radius 2 is 2.37 bits per heavy atom. The maximum atomic E-state index is 11.0. The molecule has 2 unspecified atom stereocenters. The average Bonchev–Trinajstić information content (AvgIpc) is 2.96. The summed E-state index contributed by atoms with van der Waals surface area (Å²) in [5, 5.41) is 16.5. The third-order valence-corrected chi connectivity index (χ3v) is 3.51. The molecule has 1 fully saturated rings. The van der Waals surface area contributed by atoms with E-state index in [0.717, 1.165) is 24.4 Å². The SMILES string of the molecule is Cc1cc(NC2CCC(C(=O)O)C2)n2ncnc2n1. The van der Waals surface area contributed by atoms with Crippen LogP contribution < -0.4 is 5.32 Å². The normalized spacial score (nSPS) is 22.8. The van der Waals surface area contributed by atoms with E-state index in [0.29, 0.717) is 12.2 Å². The van der Waals surface area contributed by atoms with Gasteiger partial charge in [0.2, 0.25) is 0 Å². The molecule has 19 heavy (non-hydrogen) atoms. The summed E-state index contributed by atoms with van der Waals surface area (Å²) in [6.45, 7) is 1.90. The number of nitrogens with zero attached hydrogens (tertiary/aromatic N) is 4. The van der Waals surface area contributed by atoms with Gasteiger partial charge in [-0.3, -0.25) is 4.79 Å². The van der Waals surface area contributed by atoms with E-state index in [9.17, 15) is 4.79 Å². The predicted octanol–water partition coefficient (Wildman–Crippen LogP) is 1.10. The highest BCUT2D eigenvalue weighted by Gasteiger charge is 2.30. The van der Waals surface area contributed by atoms with E-state index in [2.05, 4.69) is 20.4 Å². The van der Waals surface area contributed by atoms with Gasteiger partial charge in [0.05, 0.1) is 5.92 Å². The zero-order valence-corrected chi connectivity index (χ0v) is 10.6. The van der Waals surface area contributed by atoms with Crippen LogP contribution in [0.15, 0.2) is 12.4 Å². The Kier molecular flexibility index (Phi) is 2.81. The third-order valence-electron chi connectivity index (χ3n) is 3.51. The highest BCUT2D eigenvalue weighted by molar-refractivity contribution is 5.70. The molecule has 0 aliphatic heterocycles. The van der Waals surface area contributed by atoms with Crippen LogP contribution in [-0.2, 0) is 4.79 Å². The second-order valence-corrected chi connectivity index (χ2v) is 4.94. The number of rotatable bonds is 3. The Bertz CT molecular complexity index is 624. The average molecular weight is 261 g/mol. The number of aromatic nitrogens is 4. The Morgan fingerprint density at radius 1 is 1.53 bits per heavy atom. The molecule has 0 radical (unpaired) electrons. The van der Waals surface area contributed by atoms with Gasteiger partial charge >= 0.3 is 5.97 Å². The minimum Gasteiger partial charge on any atom is -0.481 e. The largest absolute Gasteiger partial charge is 0.481 e. The maximum absolute atomic E-state index is 11.0. The number of hydrogen-bond donors (Lipinski definition) is 2. The quantitative estimate of drug-likeness (QED) is 0.859. The molecular weight excluding hydrogens is 246 g/mol. The summed E-state index contributed by atoms with van der Waals surface area (Å²) in [4.78, 5) is 19.3. The molecule has 2 N–H and O–H groups in total. The van der Waals surface area contributed by atoms with Crippen molar-refractivity contribution in [1.29, 1.82) is 0 Å². The van der Waals surface area contributed by atoms with E-state index in [1.807, 2.05) is 13.0 Å². The van der Waals surface area contributed by atoms with Crippen LogP contribution in [0.1, 0.15) is 25.0 Å². The lowest BCUT2D eigenvalue weighted by molar-refractivity contribution is -0.141. The molecule has 2 aromatic heterocycles. The fraction of sp³-hybridized carbons (Fsp3) is 0.500. The molecule has 2 aromatic rings. The summed E-state index contributed by atoms with van der Waals surface area (Å²) in [5.74, 6) is 0.416. The van der Waals surface area contributed by atoms with Gasteiger partial charge in [0, 0.05) is 17.8 Å². The number of carbonyl (C=O) groups is 1. The lowest BCUT2D eigenvalue weighted by Gasteiger charge is -2.14. The topological polar surface area (TPSA) is 92.4 Å². The first kappa shape index (κ1) is 11.9. The molecule has 3 rings (SSSR count). The van der Waals surface area contributed by atoms with E-state index in [1.54, 1.807) is 4.52 Å². The Morgan fingerprint density at radius 3 is 3.11 bits per heavy atom. The number of aryl methyl sites for hydroxylation is 1. The smallest absolute Gasteiger partial charge is 0.306 e. The van der Waals surface area contributed by atoms with Crippen LogP contribution in [0.2, 0.25) is 0 Å². The van der Waals surface area contributed by atoms with Gasteiger partial charge in [-0.25, -0.2) is 4.98 Å². The van der Waals surface area contributed by atoms with Gasteiger partial charge in [0.25, 0.3) is 5.78 Å². The van der Waals surface area contributed by atoms with Gasteiger partial charge < -0.3 is 10.4 Å². The van der Waals surface area contributed by atoms with Gasteiger partial charge in [0.15, 0.2) is 0 Å². The summed E-state index contributed by atoms with van der Waals surface area (Å²) in [7, 11) is 0. The molecule has 100 valence electrons. The minimum absolute atomic E-state index is 0.162. The Balaban J connectivity index is 1.82. The third kappa shape index (κ3) is 2.23. The summed E-state index contributed by atoms with van der Waals surface area (Å²) in [6, 6.07) is 2.06. The molecule has 0 amide bonds. The summed E-state index contributed by atoms with van der Waals surface area (Å²) < 4.78 is 1.64. The van der Waals surface area contributed by atoms with Gasteiger partial charge in [-0.15, -0.1) is 0 Å². The minimum atomic E-state index is -0.707. The summed E-state index contributed by atoms with van der Waals surface area (Å²) in [5.41, 5.74) is 0.857. The van der Waals surface area contributed by atoms with Crippen molar-refractivity contribution >= 4 is 17.6 Å². The molecule has 1 aliphatic carbocycles. The number of carboxylic acid groups (broad SMARTS) is 1. The van der Waals surface area contributed by atoms with Crippen molar-refractivity contribution in [2.75, 3.05) is 5.32 Å². The van der Waals surface area contributed by atoms with Gasteiger partial charge in [-0.2, -0.15) is 14.6 Å². The number of fused-ring (bicyclic) bond motifs is 1. The highest BCUT2D eigenvalue weighted by atomic mass is 16.4. The second-order valence-electron chi connectivity index (χ2n) is 4.94. The first-order chi connectivity index (χ1) is 9.13. The number of nitrogens with one attached hydrogen (secondary N) is 1. The zero-order valence-electron chi connectivity index (χ0n) is 10.6. The lowest BCUT2D eigenvalue weighted by Crippen LogP contribution is -2.20. The van der Waals surface area contributed by atoms with Crippen LogP contribution in [0.3, 0.4) is 0 Å². The number of anilines is 1. The molecule has 2 atom stereocenters. The Labute approximate surface area is 109 Å². The molecule has 2 heterocycles. The van der Waals surface area contributed by atoms with E-state index < -0.39 is 5.97 Å². The van der Waals surface area contributed by atoms with Gasteiger partial charge in [-0.1, -0.05) is 0 Å². The number of hydrogen-bond acceptors (Lipinski definition) is 5. The fourth-order valence-corrected chi connectivity index (χ4v) is 2.58. The predicted molar refractivity (Wildman–Crippen MR) is 67.9 cm³/mol. The van der Waals surface area contributed by atoms with Crippen molar-refractivity contribution in [2.45, 2.75) is 32.2 Å². The van der Waals surface area contributed by atoms with E-state index >= 15 is 0 Å². The van der Waals surface area contributed by atoms with Crippen LogP contribution in [-0.4, -0.2) is 36.7 Å². The number of aliphatic carboxylic acids is 1. The van der Waals surface area contributed by atoms with Crippen LogP contribution in [0.25, 0.3) is 5.78 Å². The molecule has 1 saturated carbocycles. The molecule has 1 aliphatic rings. The van der Waals surface area contributed by atoms with Gasteiger partial charge in [0.1, 0.15) is 12.1 Å². The first-order valence-electron chi connectivity index (χ1n) is 6.30. The molecule has 0 aromatic carbocycles. The molecular formula is C12H15N5O2. The standard InChI is InChI=1S/C12H15N5O2/c1-7-4-10(17-12(15-7)13-6-14-17)16-9-3-2-8(5-9)11(18)19/h4,6,8-9,16H,2-3,5H2,1H3,(H,18,19). The molecule has 0 saturated heterocycles. The first-order valence-corrected chi connectivity index (χ1v) is 6.30. The van der Waals surface area contributed by atoms with Gasteiger partial charge in [-0.05, 0) is 26.2 Å². The highest BCUT2D eigenvalue weighted by Crippen LogP contribution is 2.28. The fourth-order valence-electron chi connectivity index (χ4n) is 2.58. The van der Waals surface area contributed by atoms with Crippen molar-refractivity contribution in [3.05, 3.63) is 18.1 Å². The maximum Gasteiger partial charge on any atom is 0.306 e. The van der Waals surface area contributed by atoms with Crippen molar-refractivity contribution in [1.82, 2.24) is 19.6 Å². The lowest BCUT2D eigenvalue weighted by atomic mass is 10.1. The van der Waals surface area contributed by atoms with Crippen molar-refractivity contribution in [3.8, 4) is 0 Å². The second kappa shape index (κ2) is 4.49.